The molecule has 0 radical (unpaired) electrons. The second kappa shape index (κ2) is 8.31. The topological polar surface area (TPSA) is 52.6 Å². The minimum absolute atomic E-state index is 0.354. The highest BCUT2D eigenvalue weighted by Gasteiger charge is 2.17. The summed E-state index contributed by atoms with van der Waals surface area (Å²) in [5.41, 5.74) is 1.45. The first-order valence-electron chi connectivity index (χ1n) is 7.34. The lowest BCUT2D eigenvalue weighted by atomic mass is 10.1. The SMILES string of the molecule is CC(=O)Oc1ccccc1C(C=Cc1cccc(Cl)c1)OC(C)=O. The monoisotopic (exact) mass is 344 g/mol. The molecule has 124 valence electrons. The molecule has 0 N–H and O–H groups in total. The Morgan fingerprint density at radius 2 is 1.79 bits per heavy atom. The molecule has 0 fully saturated rings. The quantitative estimate of drug-likeness (QED) is 0.588. The van der Waals surface area contributed by atoms with Gasteiger partial charge in [-0.2, -0.15) is 0 Å². The normalized spacial score (nSPS) is 12.0. The van der Waals surface area contributed by atoms with E-state index in [1.54, 1.807) is 48.6 Å². The molecule has 2 aromatic rings. The number of carbonyl (C=O) groups is 2. The Kier molecular flexibility index (Phi) is 6.15. The lowest BCUT2D eigenvalue weighted by Gasteiger charge is -2.16. The first kappa shape index (κ1) is 17.8. The zero-order valence-corrected chi connectivity index (χ0v) is 14.1. The molecule has 24 heavy (non-hydrogen) atoms. The van der Waals surface area contributed by atoms with Crippen LogP contribution in [0.4, 0.5) is 0 Å². The van der Waals surface area contributed by atoms with Crippen molar-refractivity contribution in [3.63, 3.8) is 0 Å². The van der Waals surface area contributed by atoms with Crippen molar-refractivity contribution in [1.29, 1.82) is 0 Å². The second-order valence-electron chi connectivity index (χ2n) is 5.08. The van der Waals surface area contributed by atoms with E-state index in [4.69, 9.17) is 21.1 Å². The summed E-state index contributed by atoms with van der Waals surface area (Å²) in [6.45, 7) is 2.65. The Hall–Kier alpha value is -2.59. The van der Waals surface area contributed by atoms with Crippen LogP contribution in [0, 0.1) is 0 Å². The van der Waals surface area contributed by atoms with E-state index in [-0.39, 0.29) is 0 Å². The molecule has 0 aliphatic carbocycles. The van der Waals surface area contributed by atoms with E-state index in [1.165, 1.54) is 13.8 Å². The summed E-state index contributed by atoms with van der Waals surface area (Å²) in [6.07, 6.45) is 2.83. The Morgan fingerprint density at radius 3 is 2.46 bits per heavy atom. The van der Waals surface area contributed by atoms with Crippen molar-refractivity contribution in [3.05, 3.63) is 70.8 Å². The fraction of sp³-hybridized carbons (Fsp3) is 0.158. The number of rotatable bonds is 5. The van der Waals surface area contributed by atoms with Crippen LogP contribution in [0.25, 0.3) is 6.08 Å². The van der Waals surface area contributed by atoms with Gasteiger partial charge in [-0.05, 0) is 29.8 Å². The predicted octanol–water partition coefficient (Wildman–Crippen LogP) is 4.58. The molecule has 0 amide bonds. The maximum absolute atomic E-state index is 11.4. The standard InChI is InChI=1S/C19H17ClO4/c1-13(21)23-18-9-4-3-8-17(18)19(24-14(2)22)11-10-15-6-5-7-16(20)12-15/h3-12,19H,1-2H3. The average Bonchev–Trinajstić information content (AvgIpc) is 2.51. The predicted molar refractivity (Wildman–Crippen MR) is 92.7 cm³/mol. The van der Waals surface area contributed by atoms with Crippen LogP contribution in [0.2, 0.25) is 5.02 Å². The van der Waals surface area contributed by atoms with Gasteiger partial charge in [-0.15, -0.1) is 0 Å². The van der Waals surface area contributed by atoms with E-state index in [9.17, 15) is 9.59 Å². The van der Waals surface area contributed by atoms with Gasteiger partial charge in [0.25, 0.3) is 0 Å². The number of hydrogen-bond donors (Lipinski definition) is 0. The van der Waals surface area contributed by atoms with Crippen LogP contribution >= 0.6 is 11.6 Å². The van der Waals surface area contributed by atoms with E-state index in [1.807, 2.05) is 12.1 Å². The zero-order valence-electron chi connectivity index (χ0n) is 13.4. The molecular weight excluding hydrogens is 328 g/mol. The molecule has 5 heteroatoms. The first-order valence-corrected chi connectivity index (χ1v) is 7.72. The number of halogens is 1. The maximum atomic E-state index is 11.4. The van der Waals surface area contributed by atoms with Gasteiger partial charge in [-0.3, -0.25) is 9.59 Å². The van der Waals surface area contributed by atoms with Gasteiger partial charge in [0.2, 0.25) is 0 Å². The zero-order chi connectivity index (χ0) is 17.5. The fourth-order valence-corrected chi connectivity index (χ4v) is 2.36. The van der Waals surface area contributed by atoms with Gasteiger partial charge in [0.05, 0.1) is 0 Å². The van der Waals surface area contributed by atoms with Gasteiger partial charge < -0.3 is 9.47 Å². The second-order valence-corrected chi connectivity index (χ2v) is 5.51. The van der Waals surface area contributed by atoms with E-state index in [0.29, 0.717) is 16.3 Å². The fourth-order valence-electron chi connectivity index (χ4n) is 2.16. The van der Waals surface area contributed by atoms with Crippen LogP contribution in [0.15, 0.2) is 54.6 Å². The molecule has 0 aromatic heterocycles. The van der Waals surface area contributed by atoms with Crippen LogP contribution in [-0.4, -0.2) is 11.9 Å². The molecule has 0 aliphatic rings. The van der Waals surface area contributed by atoms with Crippen molar-refractivity contribution >= 4 is 29.6 Å². The molecular formula is C19H17ClO4. The Bertz CT molecular complexity index is 767. The lowest BCUT2D eigenvalue weighted by Crippen LogP contribution is -2.10. The summed E-state index contributed by atoms with van der Waals surface area (Å²) in [6, 6.07) is 14.2. The minimum atomic E-state index is -0.683. The van der Waals surface area contributed by atoms with E-state index in [0.717, 1.165) is 5.56 Å². The summed E-state index contributed by atoms with van der Waals surface area (Å²) >= 11 is 5.97. The van der Waals surface area contributed by atoms with Gasteiger partial charge >= 0.3 is 11.9 Å². The summed E-state index contributed by atoms with van der Waals surface area (Å²) in [4.78, 5) is 22.7. The number of para-hydroxylation sites is 1. The Labute approximate surface area is 145 Å². The maximum Gasteiger partial charge on any atom is 0.308 e. The molecule has 4 nitrogen and oxygen atoms in total. The summed E-state index contributed by atoms with van der Waals surface area (Å²) in [5.74, 6) is -0.525. The van der Waals surface area contributed by atoms with Crippen LogP contribution in [0.1, 0.15) is 31.1 Å². The molecule has 0 aliphatic heterocycles. The van der Waals surface area contributed by atoms with Crippen molar-refractivity contribution in [3.8, 4) is 5.75 Å². The van der Waals surface area contributed by atoms with Gasteiger partial charge in [0.1, 0.15) is 11.9 Å². The highest BCUT2D eigenvalue weighted by Crippen LogP contribution is 2.29. The van der Waals surface area contributed by atoms with Crippen LogP contribution in [-0.2, 0) is 14.3 Å². The molecule has 1 unspecified atom stereocenters. The molecule has 1 atom stereocenters. The molecule has 2 aromatic carbocycles. The summed E-state index contributed by atoms with van der Waals surface area (Å²) in [5, 5.41) is 0.612. The van der Waals surface area contributed by atoms with E-state index >= 15 is 0 Å². The lowest BCUT2D eigenvalue weighted by molar-refractivity contribution is -0.144. The van der Waals surface area contributed by atoms with E-state index in [2.05, 4.69) is 0 Å². The minimum Gasteiger partial charge on any atom is -0.453 e. The largest absolute Gasteiger partial charge is 0.453 e. The molecule has 0 spiro atoms. The molecule has 0 saturated carbocycles. The Balaban J connectivity index is 2.35. The van der Waals surface area contributed by atoms with Crippen molar-refractivity contribution in [2.45, 2.75) is 20.0 Å². The van der Waals surface area contributed by atoms with Crippen LogP contribution < -0.4 is 4.74 Å². The number of esters is 2. The third kappa shape index (κ3) is 5.25. The van der Waals surface area contributed by atoms with Crippen molar-refractivity contribution in [1.82, 2.24) is 0 Å². The van der Waals surface area contributed by atoms with Gasteiger partial charge in [-0.1, -0.05) is 48.0 Å². The van der Waals surface area contributed by atoms with Crippen molar-refractivity contribution < 1.29 is 19.1 Å². The smallest absolute Gasteiger partial charge is 0.308 e. The average molecular weight is 345 g/mol. The third-order valence-corrected chi connectivity index (χ3v) is 3.32. The third-order valence-electron chi connectivity index (χ3n) is 3.08. The van der Waals surface area contributed by atoms with E-state index < -0.39 is 18.0 Å². The molecule has 0 bridgehead atoms. The summed E-state index contributed by atoms with van der Waals surface area (Å²) < 4.78 is 10.6. The Morgan fingerprint density at radius 1 is 1.04 bits per heavy atom. The number of carbonyl (C=O) groups excluding carboxylic acids is 2. The molecule has 0 saturated heterocycles. The summed E-state index contributed by atoms with van der Waals surface area (Å²) in [7, 11) is 0. The number of hydrogen-bond acceptors (Lipinski definition) is 4. The van der Waals surface area contributed by atoms with Crippen molar-refractivity contribution in [2.24, 2.45) is 0 Å². The highest BCUT2D eigenvalue weighted by molar-refractivity contribution is 6.30. The van der Waals surface area contributed by atoms with Crippen LogP contribution in [0.3, 0.4) is 0 Å². The number of benzene rings is 2. The molecule has 0 heterocycles. The first-order chi connectivity index (χ1) is 11.5. The van der Waals surface area contributed by atoms with Gasteiger partial charge in [0, 0.05) is 24.4 Å². The highest BCUT2D eigenvalue weighted by atomic mass is 35.5. The number of ether oxygens (including phenoxy) is 2. The van der Waals surface area contributed by atoms with Crippen molar-refractivity contribution in [2.75, 3.05) is 0 Å². The van der Waals surface area contributed by atoms with Gasteiger partial charge in [-0.25, -0.2) is 0 Å². The van der Waals surface area contributed by atoms with Crippen LogP contribution in [0.5, 0.6) is 5.75 Å². The van der Waals surface area contributed by atoms with Gasteiger partial charge in [0.15, 0.2) is 0 Å². The molecule has 2 rings (SSSR count).